The molecular weight excluding hydrogens is 233 g/mol. The number of carbonyl (C=O) groups is 1. The summed E-state index contributed by atoms with van der Waals surface area (Å²) in [5.41, 5.74) is 4.81. The van der Waals surface area contributed by atoms with Crippen LogP contribution >= 0.6 is 0 Å². The summed E-state index contributed by atoms with van der Waals surface area (Å²) in [5, 5.41) is 2.52. The molecule has 0 spiro atoms. The van der Waals surface area contributed by atoms with Crippen molar-refractivity contribution in [3.63, 3.8) is 0 Å². The van der Waals surface area contributed by atoms with E-state index in [2.05, 4.69) is 5.32 Å². The molecule has 0 bridgehead atoms. The van der Waals surface area contributed by atoms with E-state index in [0.717, 1.165) is 25.0 Å². The first kappa shape index (κ1) is 11.8. The van der Waals surface area contributed by atoms with Gasteiger partial charge in [0.15, 0.2) is 0 Å². The smallest absolute Gasteiger partial charge is 0.397 e. The molecule has 1 aliphatic carbocycles. The molecule has 0 radical (unpaired) electrons. The lowest BCUT2D eigenvalue weighted by Crippen LogP contribution is -2.15. The Morgan fingerprint density at radius 2 is 2.00 bits per heavy atom. The van der Waals surface area contributed by atoms with Gasteiger partial charge in [-0.2, -0.15) is 13.2 Å². The zero-order valence-electron chi connectivity index (χ0n) is 8.84. The lowest BCUT2D eigenvalue weighted by molar-refractivity contribution is -0.137. The number of benzene rings is 1. The van der Waals surface area contributed by atoms with Crippen molar-refractivity contribution in [3.8, 4) is 0 Å². The molecule has 0 unspecified atom stereocenters. The quantitative estimate of drug-likeness (QED) is 0.786. The van der Waals surface area contributed by atoms with E-state index >= 15 is 0 Å². The van der Waals surface area contributed by atoms with Gasteiger partial charge in [0.25, 0.3) is 0 Å². The zero-order valence-corrected chi connectivity index (χ0v) is 8.84. The molecule has 0 atom stereocenters. The Bertz CT molecular complexity index is 453. The molecule has 1 fully saturated rings. The summed E-state index contributed by atoms with van der Waals surface area (Å²) in [6, 6.07) is 2.90. The van der Waals surface area contributed by atoms with E-state index in [4.69, 9.17) is 5.73 Å². The maximum absolute atomic E-state index is 12.4. The summed E-state index contributed by atoms with van der Waals surface area (Å²) < 4.78 is 37.1. The molecule has 3 nitrogen and oxygen atoms in total. The highest BCUT2D eigenvalue weighted by atomic mass is 19.4. The SMILES string of the molecule is Nc1cc(C(F)(F)F)ccc1NC(=O)C1CC1. The van der Waals surface area contributed by atoms with Crippen molar-refractivity contribution in [2.45, 2.75) is 19.0 Å². The van der Waals surface area contributed by atoms with E-state index in [1.54, 1.807) is 0 Å². The fourth-order valence-electron chi connectivity index (χ4n) is 1.43. The van der Waals surface area contributed by atoms with Crippen LogP contribution in [0.3, 0.4) is 0 Å². The molecule has 0 aromatic heterocycles. The van der Waals surface area contributed by atoms with Crippen molar-refractivity contribution in [2.24, 2.45) is 5.92 Å². The standard InChI is InChI=1S/C11H11F3N2O/c12-11(13,14)7-3-4-9(8(15)5-7)16-10(17)6-1-2-6/h3-6H,1-2,15H2,(H,16,17). The Morgan fingerprint density at radius 1 is 1.35 bits per heavy atom. The minimum Gasteiger partial charge on any atom is -0.397 e. The minimum absolute atomic E-state index is 0.0170. The Labute approximate surface area is 95.8 Å². The summed E-state index contributed by atoms with van der Waals surface area (Å²) in [5.74, 6) is -0.201. The second kappa shape index (κ2) is 3.94. The van der Waals surface area contributed by atoms with Crippen LogP contribution in [0.4, 0.5) is 24.5 Å². The number of amides is 1. The summed E-state index contributed by atoms with van der Waals surface area (Å²) in [6.45, 7) is 0. The van der Waals surface area contributed by atoms with Crippen LogP contribution in [-0.2, 0) is 11.0 Å². The van der Waals surface area contributed by atoms with Crippen LogP contribution in [0.1, 0.15) is 18.4 Å². The summed E-state index contributed by atoms with van der Waals surface area (Å²) in [7, 11) is 0. The molecular formula is C11H11F3N2O. The number of hydrogen-bond donors (Lipinski definition) is 2. The zero-order chi connectivity index (χ0) is 12.6. The average Bonchev–Trinajstić information content (AvgIpc) is 3.02. The molecule has 1 saturated carbocycles. The molecule has 6 heteroatoms. The number of alkyl halides is 3. The highest BCUT2D eigenvalue weighted by Gasteiger charge is 2.32. The molecule has 92 valence electrons. The van der Waals surface area contributed by atoms with Gasteiger partial charge in [-0.3, -0.25) is 4.79 Å². The maximum atomic E-state index is 12.4. The summed E-state index contributed by atoms with van der Waals surface area (Å²) in [4.78, 5) is 11.4. The van der Waals surface area contributed by atoms with E-state index in [0.29, 0.717) is 0 Å². The van der Waals surface area contributed by atoms with Crippen molar-refractivity contribution < 1.29 is 18.0 Å². The van der Waals surface area contributed by atoms with E-state index in [-0.39, 0.29) is 23.2 Å². The van der Waals surface area contributed by atoms with Gasteiger partial charge in [0.2, 0.25) is 5.91 Å². The van der Waals surface area contributed by atoms with Crippen LogP contribution < -0.4 is 11.1 Å². The van der Waals surface area contributed by atoms with Gasteiger partial charge in [0.1, 0.15) is 0 Å². The first-order valence-corrected chi connectivity index (χ1v) is 5.15. The number of nitrogen functional groups attached to an aromatic ring is 1. The van der Waals surface area contributed by atoms with E-state index in [1.807, 2.05) is 0 Å². The number of nitrogens with two attached hydrogens (primary N) is 1. The Kier molecular flexibility index (Phi) is 2.73. The van der Waals surface area contributed by atoms with Crippen LogP contribution in [0, 0.1) is 5.92 Å². The van der Waals surface area contributed by atoms with Crippen molar-refractivity contribution in [3.05, 3.63) is 23.8 Å². The van der Waals surface area contributed by atoms with Crippen molar-refractivity contribution in [2.75, 3.05) is 11.1 Å². The molecule has 1 aliphatic rings. The van der Waals surface area contributed by atoms with Crippen molar-refractivity contribution >= 4 is 17.3 Å². The first-order valence-electron chi connectivity index (χ1n) is 5.15. The average molecular weight is 244 g/mol. The third-order valence-electron chi connectivity index (χ3n) is 2.58. The fraction of sp³-hybridized carbons (Fsp3) is 0.364. The number of carbonyl (C=O) groups excluding carboxylic acids is 1. The molecule has 2 rings (SSSR count). The van der Waals surface area contributed by atoms with Gasteiger partial charge in [0, 0.05) is 5.92 Å². The molecule has 0 saturated heterocycles. The van der Waals surface area contributed by atoms with Gasteiger partial charge >= 0.3 is 6.18 Å². The number of hydrogen-bond acceptors (Lipinski definition) is 2. The van der Waals surface area contributed by atoms with Crippen molar-refractivity contribution in [1.82, 2.24) is 0 Å². The highest BCUT2D eigenvalue weighted by molar-refractivity contribution is 5.96. The third-order valence-corrected chi connectivity index (χ3v) is 2.58. The lowest BCUT2D eigenvalue weighted by Gasteiger charge is -2.11. The predicted molar refractivity (Wildman–Crippen MR) is 57.2 cm³/mol. The number of anilines is 2. The van der Waals surface area contributed by atoms with Crippen LogP contribution in [0.5, 0.6) is 0 Å². The number of nitrogens with one attached hydrogen (secondary N) is 1. The molecule has 17 heavy (non-hydrogen) atoms. The maximum Gasteiger partial charge on any atom is 0.416 e. The van der Waals surface area contributed by atoms with Gasteiger partial charge in [-0.25, -0.2) is 0 Å². The normalized spacial score (nSPS) is 15.7. The van der Waals surface area contributed by atoms with Gasteiger partial charge in [-0.1, -0.05) is 0 Å². The molecule has 3 N–H and O–H groups in total. The van der Waals surface area contributed by atoms with Crippen LogP contribution in [-0.4, -0.2) is 5.91 Å². The second-order valence-electron chi connectivity index (χ2n) is 4.06. The molecule has 1 aromatic carbocycles. The van der Waals surface area contributed by atoms with E-state index in [9.17, 15) is 18.0 Å². The second-order valence-corrected chi connectivity index (χ2v) is 4.06. The largest absolute Gasteiger partial charge is 0.416 e. The summed E-state index contributed by atoms with van der Waals surface area (Å²) >= 11 is 0. The predicted octanol–water partition coefficient (Wildman–Crippen LogP) is 2.64. The minimum atomic E-state index is -4.42. The van der Waals surface area contributed by atoms with Crippen LogP contribution in [0.25, 0.3) is 0 Å². The highest BCUT2D eigenvalue weighted by Crippen LogP contribution is 2.34. The van der Waals surface area contributed by atoms with Crippen LogP contribution in [0.2, 0.25) is 0 Å². The molecule has 0 aliphatic heterocycles. The molecule has 1 amide bonds. The van der Waals surface area contributed by atoms with Gasteiger partial charge in [-0.05, 0) is 31.0 Å². The molecule has 0 heterocycles. The summed E-state index contributed by atoms with van der Waals surface area (Å²) in [6.07, 6.45) is -2.77. The Balaban J connectivity index is 2.16. The topological polar surface area (TPSA) is 55.1 Å². The monoisotopic (exact) mass is 244 g/mol. The van der Waals surface area contributed by atoms with Gasteiger partial charge in [-0.15, -0.1) is 0 Å². The number of rotatable bonds is 2. The van der Waals surface area contributed by atoms with E-state index in [1.165, 1.54) is 6.07 Å². The Hall–Kier alpha value is -1.72. The fourth-order valence-corrected chi connectivity index (χ4v) is 1.43. The van der Waals surface area contributed by atoms with Crippen LogP contribution in [0.15, 0.2) is 18.2 Å². The number of halogens is 3. The Morgan fingerprint density at radius 3 is 2.47 bits per heavy atom. The molecule has 1 aromatic rings. The van der Waals surface area contributed by atoms with Gasteiger partial charge < -0.3 is 11.1 Å². The lowest BCUT2D eigenvalue weighted by atomic mass is 10.1. The van der Waals surface area contributed by atoms with E-state index < -0.39 is 11.7 Å². The van der Waals surface area contributed by atoms with Gasteiger partial charge in [0.05, 0.1) is 16.9 Å². The first-order chi connectivity index (χ1) is 7.88. The third kappa shape index (κ3) is 2.69. The van der Waals surface area contributed by atoms with Crippen molar-refractivity contribution in [1.29, 1.82) is 0 Å².